The smallest absolute Gasteiger partial charge is 0.257 e. The number of Topliss-reactive ketones (excluding diaryl/α,β-unsaturated/α-hetero) is 1. The molecule has 2 aromatic carbocycles. The summed E-state index contributed by atoms with van der Waals surface area (Å²) in [6.07, 6.45) is 1.45. The van der Waals surface area contributed by atoms with Gasteiger partial charge in [-0.2, -0.15) is 0 Å². The molecule has 1 aliphatic heterocycles. The second kappa shape index (κ2) is 12.1. The van der Waals surface area contributed by atoms with Gasteiger partial charge in [0.15, 0.2) is 5.78 Å². The van der Waals surface area contributed by atoms with E-state index in [1.165, 1.54) is 6.20 Å². The molecule has 188 valence electrons. The molecule has 0 aliphatic carbocycles. The number of morpholine rings is 1. The highest BCUT2D eigenvalue weighted by molar-refractivity contribution is 6.31. The van der Waals surface area contributed by atoms with E-state index < -0.39 is 5.91 Å². The number of anilines is 2. The molecule has 36 heavy (non-hydrogen) atoms. The van der Waals surface area contributed by atoms with Crippen molar-refractivity contribution in [3.8, 4) is 0 Å². The van der Waals surface area contributed by atoms with Gasteiger partial charge in [0.05, 0.1) is 18.2 Å². The van der Waals surface area contributed by atoms with Crippen LogP contribution in [0.25, 0.3) is 0 Å². The minimum atomic E-state index is -0.422. The lowest BCUT2D eigenvalue weighted by Gasteiger charge is -2.31. The Hall–Kier alpha value is -3.26. The van der Waals surface area contributed by atoms with E-state index in [9.17, 15) is 9.59 Å². The highest BCUT2D eigenvalue weighted by atomic mass is 35.5. The van der Waals surface area contributed by atoms with Crippen LogP contribution in [-0.4, -0.2) is 48.7 Å². The van der Waals surface area contributed by atoms with E-state index in [-0.39, 0.29) is 19.6 Å². The fourth-order valence-corrected chi connectivity index (χ4v) is 4.22. The third kappa shape index (κ3) is 6.49. The molecule has 0 saturated carbocycles. The maximum atomic E-state index is 13.3. The highest BCUT2D eigenvalue weighted by Crippen LogP contribution is 2.31. The molecule has 9 heteroatoms. The van der Waals surface area contributed by atoms with Gasteiger partial charge in [-0.25, -0.2) is 4.98 Å². The first-order chi connectivity index (χ1) is 16.8. The molecule has 1 fully saturated rings. The van der Waals surface area contributed by atoms with Crippen LogP contribution in [-0.2, 0) is 11.2 Å². The Morgan fingerprint density at radius 1 is 1.03 bits per heavy atom. The molecule has 0 unspecified atom stereocenters. The van der Waals surface area contributed by atoms with Crippen LogP contribution < -0.4 is 10.2 Å². The zero-order valence-corrected chi connectivity index (χ0v) is 20.6. The molecule has 1 aromatic heterocycles. The third-order valence-corrected chi connectivity index (χ3v) is 6.18. The lowest BCUT2D eigenvalue weighted by atomic mass is 9.95. The molecule has 2 heterocycles. The zero-order valence-electron chi connectivity index (χ0n) is 19.1. The summed E-state index contributed by atoms with van der Waals surface area (Å²) in [6, 6.07) is 13.5. The first-order valence-corrected chi connectivity index (χ1v) is 11.8. The number of ether oxygens (including phenoxy) is 1. The van der Waals surface area contributed by atoms with Gasteiger partial charge in [0.1, 0.15) is 5.82 Å². The van der Waals surface area contributed by atoms with E-state index in [1.807, 2.05) is 0 Å². The minimum Gasteiger partial charge on any atom is -0.378 e. The summed E-state index contributed by atoms with van der Waals surface area (Å²) < 4.78 is 5.48. The number of ketones is 1. The van der Waals surface area contributed by atoms with E-state index in [4.69, 9.17) is 33.3 Å². The van der Waals surface area contributed by atoms with Crippen molar-refractivity contribution >= 4 is 52.1 Å². The Morgan fingerprint density at radius 2 is 1.69 bits per heavy atom. The summed E-state index contributed by atoms with van der Waals surface area (Å²) in [7, 11) is 0. The number of nitrogens with zero attached hydrogens (tertiary/aromatic N) is 2. The highest BCUT2D eigenvalue weighted by Gasteiger charge is 2.24. The molecule has 3 aromatic rings. The minimum absolute atomic E-state index is 0. The maximum Gasteiger partial charge on any atom is 0.257 e. The molecule has 0 radical (unpaired) electrons. The molecule has 1 amide bonds. The summed E-state index contributed by atoms with van der Waals surface area (Å²) in [5, 5.41) is 11.4. The van der Waals surface area contributed by atoms with Crippen molar-refractivity contribution < 1.29 is 14.3 Å². The Bertz CT molecular complexity index is 1260. The number of carbonyl (C=O) groups excluding carboxylic acids is 2. The number of hydrogen-bond acceptors (Lipinski definition) is 6. The molecule has 2 N–H and O–H groups in total. The van der Waals surface area contributed by atoms with Gasteiger partial charge in [-0.3, -0.25) is 9.59 Å². The number of nitrogens with one attached hydrogen (secondary N) is 2. The summed E-state index contributed by atoms with van der Waals surface area (Å²) >= 11 is 12.3. The lowest BCUT2D eigenvalue weighted by molar-refractivity contribution is 0.0992. The van der Waals surface area contributed by atoms with Gasteiger partial charge in [-0.15, -0.1) is 0 Å². The summed E-state index contributed by atoms with van der Waals surface area (Å²) in [4.78, 5) is 32.8. The summed E-state index contributed by atoms with van der Waals surface area (Å²) in [5.41, 5.74) is 3.29. The Kier molecular flexibility index (Phi) is 9.20. The molecule has 0 atom stereocenters. The number of benzene rings is 2. The molecule has 1 aliphatic rings. The average molecular weight is 527 g/mol. The lowest BCUT2D eigenvalue weighted by Crippen LogP contribution is -2.37. The standard InChI is InChI=1S/C26H24Cl2N4O3.CH4/c1-16(29)17-2-4-18(5-3-17)24(33)14-21-22(26(34)31-25-7-6-19(27)15-30-25)12-20(28)13-23(21)32-8-10-35-11-9-32;/h2-7,12-13,15,29H,8-11,14H2,1H3,(H,30,31,34);1H4. The van der Waals surface area contributed by atoms with Gasteiger partial charge in [0.25, 0.3) is 5.91 Å². The van der Waals surface area contributed by atoms with Crippen LogP contribution in [0, 0.1) is 5.41 Å². The first-order valence-electron chi connectivity index (χ1n) is 11.1. The number of rotatable bonds is 7. The van der Waals surface area contributed by atoms with E-state index in [0.717, 1.165) is 11.3 Å². The largest absolute Gasteiger partial charge is 0.378 e. The van der Waals surface area contributed by atoms with Crippen molar-refractivity contribution in [2.45, 2.75) is 20.8 Å². The quantitative estimate of drug-likeness (QED) is 0.294. The molecule has 0 bridgehead atoms. The van der Waals surface area contributed by atoms with Crippen LogP contribution in [0.3, 0.4) is 0 Å². The van der Waals surface area contributed by atoms with Crippen LogP contribution in [0.5, 0.6) is 0 Å². The fourth-order valence-electron chi connectivity index (χ4n) is 3.90. The maximum absolute atomic E-state index is 13.3. The second-order valence-corrected chi connectivity index (χ2v) is 9.04. The van der Waals surface area contributed by atoms with Gasteiger partial charge >= 0.3 is 0 Å². The molecular formula is C27H28Cl2N4O3. The fraction of sp³-hybridized carbons (Fsp3) is 0.259. The number of aromatic nitrogens is 1. The summed E-state index contributed by atoms with van der Waals surface area (Å²) in [5.74, 6) is -0.230. The van der Waals surface area contributed by atoms with Crippen LogP contribution in [0.4, 0.5) is 11.5 Å². The Labute approximate surface area is 220 Å². The molecule has 0 spiro atoms. The van der Waals surface area contributed by atoms with E-state index in [0.29, 0.717) is 64.6 Å². The van der Waals surface area contributed by atoms with Crippen molar-refractivity contribution in [1.29, 1.82) is 5.41 Å². The first kappa shape index (κ1) is 27.3. The number of carbonyl (C=O) groups is 2. The monoisotopic (exact) mass is 526 g/mol. The average Bonchev–Trinajstić information content (AvgIpc) is 2.86. The number of halogens is 2. The molecule has 4 rings (SSSR count). The van der Waals surface area contributed by atoms with Crippen LogP contribution in [0.2, 0.25) is 10.0 Å². The number of pyridine rings is 1. The number of amides is 1. The Balaban J connectivity index is 0.00000361. The molecular weight excluding hydrogens is 499 g/mol. The SMILES string of the molecule is C.CC(=N)c1ccc(C(=O)Cc2c(C(=O)Nc3ccc(Cl)cn3)cc(Cl)cc2N2CCOCC2)cc1. The van der Waals surface area contributed by atoms with Gasteiger partial charge in [0.2, 0.25) is 0 Å². The topological polar surface area (TPSA) is 95.4 Å². The predicted octanol–water partition coefficient (Wildman–Crippen LogP) is 5.93. The van der Waals surface area contributed by atoms with Crippen LogP contribution in [0.15, 0.2) is 54.7 Å². The van der Waals surface area contributed by atoms with Crippen molar-refractivity contribution in [2.24, 2.45) is 0 Å². The van der Waals surface area contributed by atoms with Crippen molar-refractivity contribution in [3.05, 3.63) is 87.0 Å². The number of hydrogen-bond donors (Lipinski definition) is 2. The zero-order chi connectivity index (χ0) is 24.9. The van der Waals surface area contributed by atoms with Crippen LogP contribution in [0.1, 0.15) is 46.2 Å². The van der Waals surface area contributed by atoms with Crippen molar-refractivity contribution in [3.63, 3.8) is 0 Å². The van der Waals surface area contributed by atoms with Gasteiger partial charge in [0, 0.05) is 53.3 Å². The van der Waals surface area contributed by atoms with Crippen molar-refractivity contribution in [2.75, 3.05) is 36.5 Å². The normalized spacial score (nSPS) is 13.0. The predicted molar refractivity (Wildman–Crippen MR) is 145 cm³/mol. The Morgan fingerprint density at radius 3 is 2.31 bits per heavy atom. The third-order valence-electron chi connectivity index (χ3n) is 5.73. The molecule has 1 saturated heterocycles. The van der Waals surface area contributed by atoms with Gasteiger partial charge in [-0.1, -0.05) is 54.9 Å². The van der Waals surface area contributed by atoms with E-state index in [1.54, 1.807) is 55.5 Å². The van der Waals surface area contributed by atoms with E-state index >= 15 is 0 Å². The van der Waals surface area contributed by atoms with Crippen molar-refractivity contribution in [1.82, 2.24) is 4.98 Å². The second-order valence-electron chi connectivity index (χ2n) is 8.17. The van der Waals surface area contributed by atoms with E-state index in [2.05, 4.69) is 15.2 Å². The van der Waals surface area contributed by atoms with Gasteiger partial charge in [-0.05, 0) is 42.3 Å². The van der Waals surface area contributed by atoms with Gasteiger partial charge < -0.3 is 20.4 Å². The summed E-state index contributed by atoms with van der Waals surface area (Å²) in [6.45, 7) is 4.02. The van der Waals surface area contributed by atoms with Crippen LogP contribution >= 0.6 is 23.2 Å². The molecule has 7 nitrogen and oxygen atoms in total.